The van der Waals surface area contributed by atoms with Crippen LogP contribution in [-0.4, -0.2) is 34.1 Å². The quantitative estimate of drug-likeness (QED) is 0.562. The highest BCUT2D eigenvalue weighted by Gasteiger charge is 2.48. The molecule has 0 bridgehead atoms. The number of hydrogen-bond donors (Lipinski definition) is 3. The molecule has 9 heteroatoms. The lowest BCUT2D eigenvalue weighted by Crippen LogP contribution is -2.47. The van der Waals surface area contributed by atoms with Crippen molar-refractivity contribution in [1.29, 1.82) is 0 Å². The van der Waals surface area contributed by atoms with E-state index in [1.807, 2.05) is 0 Å². The van der Waals surface area contributed by atoms with Gasteiger partial charge >= 0.3 is 6.03 Å². The van der Waals surface area contributed by atoms with Crippen molar-refractivity contribution in [2.75, 3.05) is 11.4 Å². The first-order valence-corrected chi connectivity index (χ1v) is 9.89. The molecule has 1 aromatic heterocycles. The molecule has 3 N–H and O–H groups in total. The second kappa shape index (κ2) is 6.83. The van der Waals surface area contributed by atoms with Crippen LogP contribution in [0.1, 0.15) is 18.4 Å². The summed E-state index contributed by atoms with van der Waals surface area (Å²) in [6.45, 7) is 0.537. The molecule has 5 rings (SSSR count). The molecule has 0 aliphatic carbocycles. The van der Waals surface area contributed by atoms with Gasteiger partial charge in [-0.05, 0) is 42.3 Å². The Balaban J connectivity index is 1.55. The van der Waals surface area contributed by atoms with E-state index >= 15 is 0 Å². The number of fused-ring (bicyclic) bond motifs is 1. The molecule has 2 aliphatic heterocycles. The summed E-state index contributed by atoms with van der Waals surface area (Å²) in [5, 5.41) is 16.5. The maximum atomic E-state index is 13.6. The minimum absolute atomic E-state index is 0.0468. The van der Waals surface area contributed by atoms with Crippen molar-refractivity contribution in [3.05, 3.63) is 60.0 Å². The standard InChI is InChI=1S/C22H19FN4O4/c23-15-6-3-13-11-26(19(29)17(13)10-15)12-22(20(30)24-21(31)25-22)14-4-7-16(8-5-14)27-9-1-2-18(27)28/h3-8,10-11,29H,1-2,9,12H2,(H2,24,25,30,31)/t22-/m0/s1. The summed E-state index contributed by atoms with van der Waals surface area (Å²) in [5.41, 5.74) is -0.263. The van der Waals surface area contributed by atoms with E-state index < -0.39 is 23.3 Å². The maximum absolute atomic E-state index is 13.6. The molecule has 2 aromatic carbocycles. The number of amides is 4. The molecule has 3 aromatic rings. The molecule has 0 saturated carbocycles. The van der Waals surface area contributed by atoms with Crippen LogP contribution in [0, 0.1) is 5.82 Å². The van der Waals surface area contributed by atoms with E-state index in [1.54, 1.807) is 35.4 Å². The van der Waals surface area contributed by atoms with Crippen LogP contribution in [0.5, 0.6) is 5.88 Å². The van der Waals surface area contributed by atoms with Crippen LogP contribution in [0.4, 0.5) is 14.9 Å². The number of carbonyl (C=O) groups is 3. The van der Waals surface area contributed by atoms with Crippen molar-refractivity contribution >= 4 is 34.3 Å². The molecule has 158 valence electrons. The zero-order valence-corrected chi connectivity index (χ0v) is 16.4. The lowest BCUT2D eigenvalue weighted by atomic mass is 9.89. The third-order valence-corrected chi connectivity index (χ3v) is 5.92. The monoisotopic (exact) mass is 422 g/mol. The van der Waals surface area contributed by atoms with E-state index in [9.17, 15) is 23.9 Å². The molecular formula is C22H19FN4O4. The Bertz CT molecular complexity index is 1240. The van der Waals surface area contributed by atoms with E-state index in [-0.39, 0.29) is 18.3 Å². The van der Waals surface area contributed by atoms with Crippen molar-refractivity contribution in [2.45, 2.75) is 24.9 Å². The Hall–Kier alpha value is -3.88. The van der Waals surface area contributed by atoms with E-state index in [4.69, 9.17) is 0 Å². The minimum Gasteiger partial charge on any atom is -0.494 e. The van der Waals surface area contributed by atoms with Gasteiger partial charge in [-0.25, -0.2) is 9.18 Å². The number of hydrogen-bond acceptors (Lipinski definition) is 4. The number of imide groups is 1. The molecule has 1 atom stereocenters. The number of rotatable bonds is 4. The number of aromatic hydroxyl groups is 1. The zero-order chi connectivity index (χ0) is 21.8. The SMILES string of the molecule is O=C1NC(=O)[C@](Cn2cc3ccc(F)cc3c2O)(c2ccc(N3CCCC3=O)cc2)N1. The van der Waals surface area contributed by atoms with Gasteiger partial charge in [0.2, 0.25) is 5.91 Å². The summed E-state index contributed by atoms with van der Waals surface area (Å²) in [5.74, 6) is -1.22. The van der Waals surface area contributed by atoms with Crippen LogP contribution in [0.3, 0.4) is 0 Å². The van der Waals surface area contributed by atoms with E-state index in [2.05, 4.69) is 10.6 Å². The second-order valence-electron chi connectivity index (χ2n) is 7.82. The van der Waals surface area contributed by atoms with Crippen LogP contribution in [0.25, 0.3) is 10.8 Å². The van der Waals surface area contributed by atoms with E-state index in [0.29, 0.717) is 29.3 Å². The zero-order valence-electron chi connectivity index (χ0n) is 16.4. The molecule has 8 nitrogen and oxygen atoms in total. The van der Waals surface area contributed by atoms with Gasteiger partial charge in [0, 0.05) is 35.6 Å². The molecule has 2 aliphatic rings. The van der Waals surface area contributed by atoms with Gasteiger partial charge in [-0.15, -0.1) is 0 Å². The fraction of sp³-hybridized carbons (Fsp3) is 0.227. The predicted molar refractivity (Wildman–Crippen MR) is 110 cm³/mol. The average Bonchev–Trinajstić information content (AvgIpc) is 3.39. The van der Waals surface area contributed by atoms with Crippen LogP contribution in [0.15, 0.2) is 48.7 Å². The smallest absolute Gasteiger partial charge is 0.322 e. The Kier molecular flexibility index (Phi) is 4.21. The summed E-state index contributed by atoms with van der Waals surface area (Å²) < 4.78 is 15.0. The predicted octanol–water partition coefficient (Wildman–Crippen LogP) is 2.35. The molecular weight excluding hydrogens is 403 g/mol. The van der Waals surface area contributed by atoms with Gasteiger partial charge in [0.05, 0.1) is 6.54 Å². The number of carbonyl (C=O) groups excluding carboxylic acids is 3. The van der Waals surface area contributed by atoms with Crippen molar-refractivity contribution in [2.24, 2.45) is 0 Å². The van der Waals surface area contributed by atoms with Crippen LogP contribution < -0.4 is 15.5 Å². The van der Waals surface area contributed by atoms with Crippen LogP contribution in [0.2, 0.25) is 0 Å². The van der Waals surface area contributed by atoms with Gasteiger partial charge in [-0.2, -0.15) is 0 Å². The van der Waals surface area contributed by atoms with Crippen molar-refractivity contribution in [3.8, 4) is 5.88 Å². The number of anilines is 1. The normalized spacial score (nSPS) is 21.1. The summed E-state index contributed by atoms with van der Waals surface area (Å²) in [7, 11) is 0. The number of nitrogens with zero attached hydrogens (tertiary/aromatic N) is 2. The van der Waals surface area contributed by atoms with Crippen molar-refractivity contribution in [3.63, 3.8) is 0 Å². The Morgan fingerprint density at radius 1 is 1.10 bits per heavy atom. The summed E-state index contributed by atoms with van der Waals surface area (Å²) >= 11 is 0. The van der Waals surface area contributed by atoms with E-state index in [0.717, 1.165) is 12.1 Å². The van der Waals surface area contributed by atoms with Crippen LogP contribution in [-0.2, 0) is 21.7 Å². The highest BCUT2D eigenvalue weighted by atomic mass is 19.1. The largest absolute Gasteiger partial charge is 0.494 e. The summed E-state index contributed by atoms with van der Waals surface area (Å²) in [4.78, 5) is 38.6. The Morgan fingerprint density at radius 3 is 2.52 bits per heavy atom. The molecule has 4 amide bonds. The first kappa shape index (κ1) is 19.1. The molecule has 2 saturated heterocycles. The highest BCUT2D eigenvalue weighted by Crippen LogP contribution is 2.34. The van der Waals surface area contributed by atoms with Gasteiger partial charge < -0.3 is 19.9 Å². The number of nitrogens with one attached hydrogen (secondary N) is 2. The van der Waals surface area contributed by atoms with Gasteiger partial charge in [0.15, 0.2) is 11.4 Å². The van der Waals surface area contributed by atoms with Crippen molar-refractivity contribution < 1.29 is 23.9 Å². The minimum atomic E-state index is -1.48. The molecule has 0 spiro atoms. The topological polar surface area (TPSA) is 104 Å². The molecule has 0 radical (unpaired) electrons. The van der Waals surface area contributed by atoms with E-state index in [1.165, 1.54) is 22.8 Å². The van der Waals surface area contributed by atoms with Crippen molar-refractivity contribution in [1.82, 2.24) is 15.2 Å². The van der Waals surface area contributed by atoms with Crippen LogP contribution >= 0.6 is 0 Å². The number of halogens is 1. The molecule has 31 heavy (non-hydrogen) atoms. The number of aromatic nitrogens is 1. The maximum Gasteiger partial charge on any atom is 0.322 e. The Labute approximate surface area is 176 Å². The van der Waals surface area contributed by atoms with Gasteiger partial charge in [-0.1, -0.05) is 12.1 Å². The van der Waals surface area contributed by atoms with Gasteiger partial charge in [0.25, 0.3) is 5.91 Å². The van der Waals surface area contributed by atoms with Gasteiger partial charge in [0.1, 0.15) is 5.82 Å². The first-order valence-electron chi connectivity index (χ1n) is 9.89. The highest BCUT2D eigenvalue weighted by molar-refractivity contribution is 6.07. The first-order chi connectivity index (χ1) is 14.9. The lowest BCUT2D eigenvalue weighted by molar-refractivity contribution is -0.124. The number of urea groups is 1. The summed E-state index contributed by atoms with van der Waals surface area (Å²) in [6.07, 6.45) is 2.90. The lowest BCUT2D eigenvalue weighted by Gasteiger charge is -2.28. The number of benzene rings is 2. The fourth-order valence-corrected chi connectivity index (χ4v) is 4.34. The Morgan fingerprint density at radius 2 is 1.87 bits per heavy atom. The molecule has 3 heterocycles. The fourth-order valence-electron chi connectivity index (χ4n) is 4.34. The third kappa shape index (κ3) is 3.00. The third-order valence-electron chi connectivity index (χ3n) is 5.92. The molecule has 2 fully saturated rings. The van der Waals surface area contributed by atoms with Gasteiger partial charge in [-0.3, -0.25) is 14.9 Å². The average molecular weight is 422 g/mol. The molecule has 0 unspecified atom stereocenters. The summed E-state index contributed by atoms with van der Waals surface area (Å²) in [6, 6.07) is 10.2. The second-order valence-corrected chi connectivity index (χ2v) is 7.82.